The minimum atomic E-state index is -3.93. The summed E-state index contributed by atoms with van der Waals surface area (Å²) in [6, 6.07) is 24.8. The predicted molar refractivity (Wildman–Crippen MR) is 144 cm³/mol. The van der Waals surface area contributed by atoms with Gasteiger partial charge in [0, 0.05) is 12.3 Å². The minimum absolute atomic E-state index is 0.129. The molecule has 38 heavy (non-hydrogen) atoms. The molecule has 0 radical (unpaired) electrons. The topological polar surface area (TPSA) is 126 Å². The lowest BCUT2D eigenvalue weighted by Crippen LogP contribution is -2.46. The Morgan fingerprint density at radius 1 is 1.03 bits per heavy atom. The van der Waals surface area contributed by atoms with E-state index >= 15 is 0 Å². The lowest BCUT2D eigenvalue weighted by Gasteiger charge is -2.25. The second-order valence-corrected chi connectivity index (χ2v) is 11.7. The highest BCUT2D eigenvalue weighted by Gasteiger charge is 2.41. The van der Waals surface area contributed by atoms with E-state index in [0.717, 1.165) is 11.1 Å². The van der Waals surface area contributed by atoms with Crippen molar-refractivity contribution >= 4 is 27.7 Å². The molecule has 1 aliphatic heterocycles. The van der Waals surface area contributed by atoms with Gasteiger partial charge in [0.05, 0.1) is 17.9 Å². The standard InChI is InChI=1S/C27H26N4O5S2/c32-17-15-23-28-25(30-36-23)24(21-9-5-2-6-10-21)29-26(33)27-31(16-18-37-27)38(34,35)22-13-11-20(12-14-22)19-7-3-1-4-8-19/h1-14,24,27,32H,15-18H2,(H,29,33)/t24-,27+/m1/s1. The van der Waals surface area contributed by atoms with E-state index in [1.54, 1.807) is 24.3 Å². The van der Waals surface area contributed by atoms with Crippen molar-refractivity contribution in [1.29, 1.82) is 0 Å². The second-order valence-electron chi connectivity index (χ2n) is 8.60. The first-order chi connectivity index (χ1) is 18.5. The minimum Gasteiger partial charge on any atom is -0.396 e. The maximum Gasteiger partial charge on any atom is 0.249 e. The van der Waals surface area contributed by atoms with Gasteiger partial charge in [0.2, 0.25) is 21.8 Å². The molecule has 3 aromatic carbocycles. The third kappa shape index (κ3) is 5.51. The molecule has 2 atom stereocenters. The molecule has 0 bridgehead atoms. The quantitative estimate of drug-likeness (QED) is 0.325. The summed E-state index contributed by atoms with van der Waals surface area (Å²) < 4.78 is 33.6. The first-order valence-electron chi connectivity index (χ1n) is 12.0. The number of amides is 1. The van der Waals surface area contributed by atoms with Crippen molar-refractivity contribution in [2.75, 3.05) is 18.9 Å². The van der Waals surface area contributed by atoms with Crippen LogP contribution in [0.5, 0.6) is 0 Å². The average Bonchev–Trinajstić information content (AvgIpc) is 3.64. The fraction of sp³-hybridized carbons (Fsp3) is 0.222. The Labute approximate surface area is 224 Å². The Kier molecular flexibility index (Phi) is 7.89. The number of nitrogens with zero attached hydrogens (tertiary/aromatic N) is 3. The highest BCUT2D eigenvalue weighted by Crippen LogP contribution is 2.32. The molecular weight excluding hydrogens is 524 g/mol. The molecule has 1 fully saturated rings. The van der Waals surface area contributed by atoms with Crippen LogP contribution in [0, 0.1) is 0 Å². The van der Waals surface area contributed by atoms with Crippen LogP contribution in [0.1, 0.15) is 23.3 Å². The zero-order chi connectivity index (χ0) is 26.5. The van der Waals surface area contributed by atoms with Crippen LogP contribution in [0.3, 0.4) is 0 Å². The highest BCUT2D eigenvalue weighted by atomic mass is 32.2. The molecule has 0 spiro atoms. The van der Waals surface area contributed by atoms with Gasteiger partial charge in [-0.3, -0.25) is 4.79 Å². The van der Waals surface area contributed by atoms with Gasteiger partial charge in [-0.25, -0.2) is 8.42 Å². The zero-order valence-electron chi connectivity index (χ0n) is 20.3. The number of carbonyl (C=O) groups is 1. The monoisotopic (exact) mass is 550 g/mol. The van der Waals surface area contributed by atoms with Crippen molar-refractivity contribution in [1.82, 2.24) is 19.8 Å². The Morgan fingerprint density at radius 3 is 2.37 bits per heavy atom. The third-order valence-electron chi connectivity index (χ3n) is 6.13. The first-order valence-corrected chi connectivity index (χ1v) is 14.5. The van der Waals surface area contributed by atoms with Crippen LogP contribution >= 0.6 is 11.8 Å². The number of carbonyl (C=O) groups excluding carboxylic acids is 1. The van der Waals surface area contributed by atoms with E-state index in [4.69, 9.17) is 4.52 Å². The molecule has 1 saturated heterocycles. The molecule has 1 amide bonds. The van der Waals surface area contributed by atoms with Gasteiger partial charge in [-0.05, 0) is 28.8 Å². The number of sulfonamides is 1. The number of rotatable bonds is 9. The molecular formula is C27H26N4O5S2. The molecule has 2 N–H and O–H groups in total. The maximum atomic E-state index is 13.6. The normalized spacial score (nSPS) is 16.8. The molecule has 2 heterocycles. The van der Waals surface area contributed by atoms with Gasteiger partial charge >= 0.3 is 0 Å². The summed E-state index contributed by atoms with van der Waals surface area (Å²) in [5.41, 5.74) is 2.60. The first kappa shape index (κ1) is 26.1. The summed E-state index contributed by atoms with van der Waals surface area (Å²) >= 11 is 1.26. The van der Waals surface area contributed by atoms with E-state index in [9.17, 15) is 18.3 Å². The van der Waals surface area contributed by atoms with E-state index in [2.05, 4.69) is 15.5 Å². The van der Waals surface area contributed by atoms with Gasteiger partial charge < -0.3 is 14.9 Å². The van der Waals surface area contributed by atoms with E-state index in [1.807, 2.05) is 60.7 Å². The van der Waals surface area contributed by atoms with Gasteiger partial charge in [-0.15, -0.1) is 11.8 Å². The highest BCUT2D eigenvalue weighted by molar-refractivity contribution is 8.02. The SMILES string of the molecule is O=C(N[C@H](c1ccccc1)c1noc(CCO)n1)[C@@H]1SCCN1S(=O)(=O)c1ccc(-c2ccccc2)cc1. The maximum absolute atomic E-state index is 13.6. The van der Waals surface area contributed by atoms with E-state index in [0.29, 0.717) is 11.3 Å². The van der Waals surface area contributed by atoms with Crippen molar-refractivity contribution in [2.24, 2.45) is 0 Å². The number of nitrogens with one attached hydrogen (secondary N) is 1. The van der Waals surface area contributed by atoms with Crippen molar-refractivity contribution in [3.63, 3.8) is 0 Å². The van der Waals surface area contributed by atoms with Gasteiger partial charge in [-0.1, -0.05) is 78.0 Å². The van der Waals surface area contributed by atoms with Crippen molar-refractivity contribution in [2.45, 2.75) is 22.7 Å². The van der Waals surface area contributed by atoms with Crippen LogP contribution in [-0.2, 0) is 21.2 Å². The number of aromatic nitrogens is 2. The molecule has 5 rings (SSSR count). The van der Waals surface area contributed by atoms with Crippen LogP contribution in [0.4, 0.5) is 0 Å². The van der Waals surface area contributed by atoms with Gasteiger partial charge in [0.15, 0.2) is 5.82 Å². The number of benzene rings is 3. The summed E-state index contributed by atoms with van der Waals surface area (Å²) in [7, 11) is -3.93. The van der Waals surface area contributed by atoms with Gasteiger partial charge in [-0.2, -0.15) is 9.29 Å². The summed E-state index contributed by atoms with van der Waals surface area (Å²) in [5, 5.41) is 15.1. The Morgan fingerprint density at radius 2 is 1.68 bits per heavy atom. The number of aliphatic hydroxyl groups is 1. The van der Waals surface area contributed by atoms with E-state index in [1.165, 1.54) is 16.1 Å². The van der Waals surface area contributed by atoms with Crippen molar-refractivity contribution < 1.29 is 22.8 Å². The molecule has 196 valence electrons. The van der Waals surface area contributed by atoms with Crippen LogP contribution < -0.4 is 5.32 Å². The number of aliphatic hydroxyl groups excluding tert-OH is 1. The summed E-state index contributed by atoms with van der Waals surface area (Å²) in [6.07, 6.45) is 0.190. The molecule has 9 nitrogen and oxygen atoms in total. The molecule has 11 heteroatoms. The lowest BCUT2D eigenvalue weighted by atomic mass is 10.1. The van der Waals surface area contributed by atoms with E-state index in [-0.39, 0.29) is 36.2 Å². The average molecular weight is 551 g/mol. The van der Waals surface area contributed by atoms with Crippen molar-refractivity contribution in [3.8, 4) is 11.1 Å². The zero-order valence-corrected chi connectivity index (χ0v) is 21.9. The molecule has 1 aromatic heterocycles. The van der Waals surface area contributed by atoms with Gasteiger partial charge in [0.25, 0.3) is 0 Å². The summed E-state index contributed by atoms with van der Waals surface area (Å²) in [4.78, 5) is 17.9. The lowest BCUT2D eigenvalue weighted by molar-refractivity contribution is -0.122. The Hall–Kier alpha value is -3.51. The summed E-state index contributed by atoms with van der Waals surface area (Å²) in [6.45, 7) is 0.0617. The fourth-order valence-electron chi connectivity index (χ4n) is 4.23. The predicted octanol–water partition coefficient (Wildman–Crippen LogP) is 3.24. The Balaban J connectivity index is 1.38. The number of thioether (sulfide) groups is 1. The smallest absolute Gasteiger partial charge is 0.249 e. The number of hydrogen-bond acceptors (Lipinski definition) is 8. The number of hydrogen-bond donors (Lipinski definition) is 2. The molecule has 0 aliphatic carbocycles. The van der Waals surface area contributed by atoms with Crippen LogP contribution in [0.2, 0.25) is 0 Å². The third-order valence-corrected chi connectivity index (χ3v) is 9.34. The fourth-order valence-corrected chi connectivity index (χ4v) is 7.32. The van der Waals surface area contributed by atoms with Crippen molar-refractivity contribution in [3.05, 3.63) is 102 Å². The summed E-state index contributed by atoms with van der Waals surface area (Å²) in [5.74, 6) is 0.482. The molecule has 1 aliphatic rings. The van der Waals surface area contributed by atoms with Crippen LogP contribution in [0.15, 0.2) is 94.3 Å². The van der Waals surface area contributed by atoms with Gasteiger partial charge in [0.1, 0.15) is 11.4 Å². The van der Waals surface area contributed by atoms with Crippen LogP contribution in [-0.4, -0.2) is 58.2 Å². The molecule has 4 aromatic rings. The molecule has 0 saturated carbocycles. The van der Waals surface area contributed by atoms with E-state index < -0.39 is 27.3 Å². The molecule has 0 unspecified atom stereocenters. The largest absolute Gasteiger partial charge is 0.396 e. The van der Waals surface area contributed by atoms with Crippen LogP contribution in [0.25, 0.3) is 11.1 Å². The Bertz CT molecular complexity index is 1480. The second kappa shape index (κ2) is 11.5.